The van der Waals surface area contributed by atoms with Crippen molar-refractivity contribution in [3.8, 4) is 5.75 Å². The Hall–Kier alpha value is -1.84. The molecule has 9 heteroatoms. The molecule has 1 aromatic carbocycles. The summed E-state index contributed by atoms with van der Waals surface area (Å²) in [6.07, 6.45) is -0.507. The van der Waals surface area contributed by atoms with Gasteiger partial charge in [-0.3, -0.25) is 0 Å². The second-order valence-electron chi connectivity index (χ2n) is 7.02. The number of urea groups is 1. The van der Waals surface area contributed by atoms with E-state index in [9.17, 15) is 13.2 Å². The number of sulfonamides is 1. The normalized spacial score (nSPS) is 21.7. The molecule has 2 heterocycles. The van der Waals surface area contributed by atoms with Crippen LogP contribution in [-0.2, 0) is 14.8 Å². The summed E-state index contributed by atoms with van der Waals surface area (Å²) in [4.78, 5) is 16.6. The predicted molar refractivity (Wildman–Crippen MR) is 100 cm³/mol. The number of benzene rings is 1. The molecule has 27 heavy (non-hydrogen) atoms. The van der Waals surface area contributed by atoms with E-state index in [0.29, 0.717) is 38.6 Å². The van der Waals surface area contributed by atoms with E-state index >= 15 is 0 Å². The minimum Gasteiger partial charge on any atom is -0.497 e. The van der Waals surface area contributed by atoms with Gasteiger partial charge in [-0.2, -0.15) is 4.31 Å². The van der Waals surface area contributed by atoms with Crippen LogP contribution < -0.4 is 4.74 Å². The van der Waals surface area contributed by atoms with Gasteiger partial charge in [0.05, 0.1) is 25.2 Å². The smallest absolute Gasteiger partial charge is 0.321 e. The maximum absolute atomic E-state index is 13.2. The summed E-state index contributed by atoms with van der Waals surface area (Å²) in [5.41, 5.74) is 0. The van der Waals surface area contributed by atoms with Crippen LogP contribution >= 0.6 is 0 Å². The van der Waals surface area contributed by atoms with Gasteiger partial charge in [-0.1, -0.05) is 13.8 Å². The van der Waals surface area contributed by atoms with Crippen molar-refractivity contribution in [1.82, 2.24) is 14.1 Å². The molecule has 0 unspecified atom stereocenters. The van der Waals surface area contributed by atoms with Crippen molar-refractivity contribution >= 4 is 16.1 Å². The van der Waals surface area contributed by atoms with Gasteiger partial charge in [0.25, 0.3) is 0 Å². The van der Waals surface area contributed by atoms with Gasteiger partial charge in [0, 0.05) is 26.2 Å². The summed E-state index contributed by atoms with van der Waals surface area (Å²) in [7, 11) is -2.18. The SMILES string of the molecule is COc1ccc(S(=O)(=O)N2CCN(C(=O)N3CCOCC3)[C@H]2C(C)C)cc1. The average molecular weight is 397 g/mol. The number of ether oxygens (including phenoxy) is 2. The number of hydrogen-bond acceptors (Lipinski definition) is 5. The lowest BCUT2D eigenvalue weighted by Crippen LogP contribution is -2.53. The first-order chi connectivity index (χ1) is 12.9. The van der Waals surface area contributed by atoms with E-state index in [2.05, 4.69) is 0 Å². The third kappa shape index (κ3) is 3.90. The Balaban J connectivity index is 1.85. The Morgan fingerprint density at radius 3 is 2.30 bits per heavy atom. The molecule has 1 atom stereocenters. The zero-order valence-corrected chi connectivity index (χ0v) is 16.8. The highest BCUT2D eigenvalue weighted by molar-refractivity contribution is 7.89. The van der Waals surface area contributed by atoms with Crippen LogP contribution in [0.4, 0.5) is 4.79 Å². The molecule has 0 aliphatic carbocycles. The van der Waals surface area contributed by atoms with E-state index in [4.69, 9.17) is 9.47 Å². The summed E-state index contributed by atoms with van der Waals surface area (Å²) < 4.78 is 38.3. The molecule has 0 aromatic heterocycles. The Morgan fingerprint density at radius 1 is 1.11 bits per heavy atom. The first-order valence-corrected chi connectivity index (χ1v) is 10.6. The third-order valence-corrected chi connectivity index (χ3v) is 6.85. The molecule has 0 bridgehead atoms. The lowest BCUT2D eigenvalue weighted by molar-refractivity contribution is 0.0370. The molecule has 2 fully saturated rings. The molecule has 2 aliphatic heterocycles. The molecular formula is C18H27N3O5S. The first kappa shape index (κ1) is 19.9. The minimum atomic E-state index is -3.71. The lowest BCUT2D eigenvalue weighted by Gasteiger charge is -2.37. The van der Waals surface area contributed by atoms with Gasteiger partial charge in [0.2, 0.25) is 10.0 Å². The Bertz CT molecular complexity index is 760. The average Bonchev–Trinajstić information content (AvgIpc) is 3.14. The standard InChI is InChI=1S/C18H27N3O5S/c1-14(2)17-20(18(22)19-10-12-26-13-11-19)8-9-21(17)27(23,24)16-6-4-15(25-3)5-7-16/h4-7,14,17H,8-13H2,1-3H3/t17-/m1/s1. The van der Waals surface area contributed by atoms with Crippen LogP contribution in [0.15, 0.2) is 29.2 Å². The maximum Gasteiger partial charge on any atom is 0.321 e. The van der Waals surface area contributed by atoms with E-state index in [1.807, 2.05) is 13.8 Å². The van der Waals surface area contributed by atoms with Gasteiger partial charge in [0.1, 0.15) is 11.9 Å². The highest BCUT2D eigenvalue weighted by Gasteiger charge is 2.45. The van der Waals surface area contributed by atoms with Crippen molar-refractivity contribution in [2.24, 2.45) is 5.92 Å². The topological polar surface area (TPSA) is 79.4 Å². The summed E-state index contributed by atoms with van der Waals surface area (Å²) in [5.74, 6) is 0.561. The van der Waals surface area contributed by atoms with Crippen molar-refractivity contribution < 1.29 is 22.7 Å². The predicted octanol–water partition coefficient (Wildman–Crippen LogP) is 1.44. The number of carbonyl (C=O) groups is 1. The number of carbonyl (C=O) groups excluding carboxylic acids is 1. The lowest BCUT2D eigenvalue weighted by atomic mass is 10.1. The summed E-state index contributed by atoms with van der Waals surface area (Å²) in [5, 5.41) is 0. The Morgan fingerprint density at radius 2 is 1.74 bits per heavy atom. The van der Waals surface area contributed by atoms with Crippen LogP contribution in [0.25, 0.3) is 0 Å². The Labute approximate surface area is 160 Å². The number of nitrogens with zero attached hydrogens (tertiary/aromatic N) is 3. The van der Waals surface area contributed by atoms with Gasteiger partial charge in [0.15, 0.2) is 0 Å². The zero-order valence-electron chi connectivity index (χ0n) is 16.0. The molecule has 2 saturated heterocycles. The highest BCUT2D eigenvalue weighted by atomic mass is 32.2. The van der Waals surface area contributed by atoms with Gasteiger partial charge in [-0.15, -0.1) is 0 Å². The van der Waals surface area contributed by atoms with Crippen LogP contribution in [0, 0.1) is 5.92 Å². The van der Waals surface area contributed by atoms with E-state index < -0.39 is 16.2 Å². The van der Waals surface area contributed by atoms with Crippen molar-refractivity contribution in [3.05, 3.63) is 24.3 Å². The zero-order chi connectivity index (χ0) is 19.6. The number of morpholine rings is 1. The molecule has 0 saturated carbocycles. The number of methoxy groups -OCH3 is 1. The first-order valence-electron chi connectivity index (χ1n) is 9.15. The van der Waals surface area contributed by atoms with Crippen molar-refractivity contribution in [3.63, 3.8) is 0 Å². The summed E-state index contributed by atoms with van der Waals surface area (Å²) >= 11 is 0. The van der Waals surface area contributed by atoms with Crippen LogP contribution in [0.1, 0.15) is 13.8 Å². The van der Waals surface area contributed by atoms with Crippen LogP contribution in [0.5, 0.6) is 5.75 Å². The largest absolute Gasteiger partial charge is 0.497 e. The second kappa shape index (κ2) is 8.04. The molecule has 8 nitrogen and oxygen atoms in total. The fraction of sp³-hybridized carbons (Fsp3) is 0.611. The fourth-order valence-electron chi connectivity index (χ4n) is 3.61. The number of rotatable bonds is 4. The Kier molecular flexibility index (Phi) is 5.92. The summed E-state index contributed by atoms with van der Waals surface area (Å²) in [6.45, 7) is 6.64. The molecule has 0 radical (unpaired) electrons. The van der Waals surface area contributed by atoms with E-state index in [1.54, 1.807) is 21.9 Å². The number of hydrogen-bond donors (Lipinski definition) is 0. The van der Waals surface area contributed by atoms with Crippen molar-refractivity contribution in [1.29, 1.82) is 0 Å². The van der Waals surface area contributed by atoms with Gasteiger partial charge in [-0.25, -0.2) is 13.2 Å². The molecule has 2 aliphatic rings. The number of amides is 2. The second-order valence-corrected chi connectivity index (χ2v) is 8.91. The van der Waals surface area contributed by atoms with Gasteiger partial charge < -0.3 is 19.3 Å². The molecular weight excluding hydrogens is 370 g/mol. The van der Waals surface area contributed by atoms with Crippen LogP contribution in [0.2, 0.25) is 0 Å². The molecule has 0 spiro atoms. The van der Waals surface area contributed by atoms with Gasteiger partial charge in [-0.05, 0) is 30.2 Å². The summed E-state index contributed by atoms with van der Waals surface area (Å²) in [6, 6.07) is 6.22. The molecule has 3 rings (SSSR count). The van der Waals surface area contributed by atoms with Crippen molar-refractivity contribution in [2.45, 2.75) is 24.9 Å². The monoisotopic (exact) mass is 397 g/mol. The highest BCUT2D eigenvalue weighted by Crippen LogP contribution is 2.30. The van der Waals surface area contributed by atoms with Crippen molar-refractivity contribution in [2.75, 3.05) is 46.5 Å². The molecule has 1 aromatic rings. The minimum absolute atomic E-state index is 0.0366. The molecule has 2 amide bonds. The molecule has 150 valence electrons. The van der Waals surface area contributed by atoms with E-state index in [-0.39, 0.29) is 23.4 Å². The fourth-order valence-corrected chi connectivity index (χ4v) is 5.32. The van der Waals surface area contributed by atoms with E-state index in [1.165, 1.54) is 23.5 Å². The van der Waals surface area contributed by atoms with E-state index in [0.717, 1.165) is 0 Å². The van der Waals surface area contributed by atoms with Gasteiger partial charge >= 0.3 is 6.03 Å². The van der Waals surface area contributed by atoms with Crippen LogP contribution in [0.3, 0.4) is 0 Å². The maximum atomic E-state index is 13.2. The quantitative estimate of drug-likeness (QED) is 0.768. The molecule has 0 N–H and O–H groups in total. The van der Waals surface area contributed by atoms with Crippen LogP contribution in [-0.4, -0.2) is 81.2 Å². The third-order valence-electron chi connectivity index (χ3n) is 4.97.